The van der Waals surface area contributed by atoms with E-state index in [9.17, 15) is 14.4 Å². The Morgan fingerprint density at radius 3 is 1.96 bits per heavy atom. The van der Waals surface area contributed by atoms with Crippen molar-refractivity contribution in [3.8, 4) is 0 Å². The molecule has 2 heterocycles. The van der Waals surface area contributed by atoms with Crippen molar-refractivity contribution in [2.45, 2.75) is 20.3 Å². The van der Waals surface area contributed by atoms with Gasteiger partial charge in [0.05, 0.1) is 17.5 Å². The molecule has 1 aliphatic heterocycles. The molecule has 0 spiro atoms. The molecule has 0 radical (unpaired) electrons. The van der Waals surface area contributed by atoms with E-state index >= 15 is 0 Å². The molecule has 5 rings (SSSR count). The van der Waals surface area contributed by atoms with Gasteiger partial charge >= 0.3 is 0 Å². The van der Waals surface area contributed by atoms with E-state index in [-0.39, 0.29) is 41.4 Å². The number of carbonyl (C=O) groups excluding carboxylic acids is 3. The maximum absolute atomic E-state index is 12.9. The molecule has 2 bridgehead atoms. The topological polar surface area (TPSA) is 71.4 Å². The molecule has 3 aliphatic rings. The highest BCUT2D eigenvalue weighted by molar-refractivity contribution is 6.22. The zero-order chi connectivity index (χ0) is 19.6. The molecule has 2 aromatic rings. The Hall–Kier alpha value is -3.15. The van der Waals surface area contributed by atoms with Crippen LogP contribution in [0.5, 0.6) is 0 Å². The summed E-state index contributed by atoms with van der Waals surface area (Å²) in [6.45, 7) is 3.83. The second kappa shape index (κ2) is 5.92. The highest BCUT2D eigenvalue weighted by Crippen LogP contribution is 2.53. The summed E-state index contributed by atoms with van der Waals surface area (Å²) in [5.74, 6) is -0.517. The number of fused-ring (bicyclic) bond motifs is 5. The Morgan fingerprint density at radius 1 is 0.893 bits per heavy atom. The van der Waals surface area contributed by atoms with E-state index in [2.05, 4.69) is 17.6 Å². The second-order valence-corrected chi connectivity index (χ2v) is 7.95. The number of nitrogens with one attached hydrogen (secondary N) is 1. The number of hydrogen-bond donors (Lipinski definition) is 1. The molecule has 1 saturated carbocycles. The van der Waals surface area contributed by atoms with Crippen LogP contribution in [0.15, 0.2) is 48.6 Å². The largest absolute Gasteiger partial charge is 0.274 e. The lowest BCUT2D eigenvalue weighted by atomic mass is 9.85. The molecule has 6 heteroatoms. The van der Waals surface area contributed by atoms with Crippen LogP contribution in [0, 0.1) is 37.5 Å². The highest BCUT2D eigenvalue weighted by atomic mass is 16.2. The number of nitrogens with zero attached hydrogens (tertiary/aromatic N) is 2. The lowest BCUT2D eigenvalue weighted by molar-refractivity contribution is -0.123. The predicted octanol–water partition coefficient (Wildman–Crippen LogP) is 2.80. The molecule has 4 atom stereocenters. The molecule has 3 amide bonds. The fraction of sp³-hybridized carbons (Fsp3) is 0.318. The van der Waals surface area contributed by atoms with Gasteiger partial charge in [-0.1, -0.05) is 12.2 Å². The fourth-order valence-electron chi connectivity index (χ4n) is 4.93. The number of anilines is 1. The lowest BCUT2D eigenvalue weighted by Crippen LogP contribution is -2.33. The average molecular weight is 375 g/mol. The summed E-state index contributed by atoms with van der Waals surface area (Å²) in [7, 11) is 0. The minimum Gasteiger partial charge on any atom is -0.274 e. The van der Waals surface area contributed by atoms with Gasteiger partial charge in [-0.2, -0.15) is 0 Å². The average Bonchev–Trinajstić information content (AvgIpc) is 3.43. The van der Waals surface area contributed by atoms with E-state index in [1.54, 1.807) is 28.9 Å². The zero-order valence-electron chi connectivity index (χ0n) is 15.8. The third-order valence-electron chi connectivity index (χ3n) is 6.34. The smallest absolute Gasteiger partial charge is 0.270 e. The van der Waals surface area contributed by atoms with Crippen LogP contribution in [-0.4, -0.2) is 22.4 Å². The molecular weight excluding hydrogens is 354 g/mol. The third kappa shape index (κ3) is 2.30. The molecule has 1 saturated heterocycles. The van der Waals surface area contributed by atoms with Crippen molar-refractivity contribution in [3.63, 3.8) is 0 Å². The van der Waals surface area contributed by atoms with Crippen molar-refractivity contribution in [1.29, 1.82) is 0 Å². The van der Waals surface area contributed by atoms with Crippen molar-refractivity contribution in [2.75, 3.05) is 10.3 Å². The molecule has 6 nitrogen and oxygen atoms in total. The molecule has 2 fully saturated rings. The molecule has 0 unspecified atom stereocenters. The first-order chi connectivity index (χ1) is 13.5. The van der Waals surface area contributed by atoms with Gasteiger partial charge in [-0.15, -0.1) is 0 Å². The van der Waals surface area contributed by atoms with Gasteiger partial charge in [0.2, 0.25) is 11.8 Å². The van der Waals surface area contributed by atoms with E-state index in [4.69, 9.17) is 0 Å². The Labute approximate surface area is 162 Å². The summed E-state index contributed by atoms with van der Waals surface area (Å²) >= 11 is 0. The summed E-state index contributed by atoms with van der Waals surface area (Å²) in [4.78, 5) is 39.6. The Kier molecular flexibility index (Phi) is 3.59. The van der Waals surface area contributed by atoms with Crippen LogP contribution in [-0.2, 0) is 9.59 Å². The third-order valence-corrected chi connectivity index (χ3v) is 6.34. The lowest BCUT2D eigenvalue weighted by Gasteiger charge is -2.18. The van der Waals surface area contributed by atoms with Gasteiger partial charge in [-0.3, -0.25) is 29.4 Å². The van der Waals surface area contributed by atoms with Crippen molar-refractivity contribution in [3.05, 3.63) is 65.5 Å². The molecule has 2 aliphatic carbocycles. The maximum Gasteiger partial charge on any atom is 0.270 e. The number of imide groups is 1. The molecule has 1 aromatic heterocycles. The highest BCUT2D eigenvalue weighted by Gasteiger charge is 2.59. The SMILES string of the molecule is Cc1ccc(C)n1NC(=O)c1ccc(N2C(=O)[C@@H]3[C@H](C2=O)[C@H]2C=C[C@H]3C2)cc1. The van der Waals surface area contributed by atoms with E-state index in [0.717, 1.165) is 17.8 Å². The molecule has 142 valence electrons. The van der Waals surface area contributed by atoms with E-state index in [0.29, 0.717) is 11.3 Å². The number of rotatable bonds is 3. The Morgan fingerprint density at radius 2 is 1.43 bits per heavy atom. The van der Waals surface area contributed by atoms with Gasteiger partial charge in [0.25, 0.3) is 5.91 Å². The van der Waals surface area contributed by atoms with Gasteiger partial charge in [0, 0.05) is 17.0 Å². The Balaban J connectivity index is 1.37. The van der Waals surface area contributed by atoms with Gasteiger partial charge in [-0.05, 0) is 68.5 Å². The number of hydrogen-bond acceptors (Lipinski definition) is 3. The maximum atomic E-state index is 12.9. The minimum absolute atomic E-state index is 0.109. The van der Waals surface area contributed by atoms with Gasteiger partial charge in [0.1, 0.15) is 0 Å². The minimum atomic E-state index is -0.243. The first kappa shape index (κ1) is 17.0. The number of allylic oxidation sites excluding steroid dienone is 2. The van der Waals surface area contributed by atoms with Crippen LogP contribution in [0.1, 0.15) is 28.2 Å². The van der Waals surface area contributed by atoms with Gasteiger partial charge < -0.3 is 0 Å². The first-order valence-corrected chi connectivity index (χ1v) is 9.58. The van der Waals surface area contributed by atoms with E-state index in [1.165, 1.54) is 4.90 Å². The van der Waals surface area contributed by atoms with Crippen molar-refractivity contribution >= 4 is 23.4 Å². The summed E-state index contributed by atoms with van der Waals surface area (Å²) < 4.78 is 1.73. The number of benzene rings is 1. The van der Waals surface area contributed by atoms with E-state index in [1.807, 2.05) is 26.0 Å². The standard InChI is InChI=1S/C22H21N3O3/c1-12-3-4-13(2)25(12)23-20(26)14-7-9-17(10-8-14)24-21(27)18-15-5-6-16(11-15)19(18)22(24)28/h3-10,15-16,18-19H,11H2,1-2H3,(H,23,26)/t15-,16-,18-,19+/m0/s1. The summed E-state index contributed by atoms with van der Waals surface area (Å²) in [6.07, 6.45) is 5.08. The van der Waals surface area contributed by atoms with Crippen LogP contribution >= 0.6 is 0 Å². The predicted molar refractivity (Wildman–Crippen MR) is 104 cm³/mol. The Bertz CT molecular complexity index is 984. The first-order valence-electron chi connectivity index (χ1n) is 9.58. The summed E-state index contributed by atoms with van der Waals surface area (Å²) in [6, 6.07) is 10.5. The second-order valence-electron chi connectivity index (χ2n) is 7.95. The number of aryl methyl sites for hydroxylation is 2. The normalized spacial score (nSPS) is 27.6. The van der Waals surface area contributed by atoms with Crippen LogP contribution in [0.2, 0.25) is 0 Å². The van der Waals surface area contributed by atoms with Crippen LogP contribution in [0.4, 0.5) is 5.69 Å². The molecule has 1 aromatic carbocycles. The van der Waals surface area contributed by atoms with E-state index < -0.39 is 0 Å². The van der Waals surface area contributed by atoms with Gasteiger partial charge in [0.15, 0.2) is 0 Å². The molecule has 28 heavy (non-hydrogen) atoms. The van der Waals surface area contributed by atoms with Crippen molar-refractivity contribution in [1.82, 2.24) is 4.68 Å². The van der Waals surface area contributed by atoms with Crippen molar-refractivity contribution in [2.24, 2.45) is 23.7 Å². The zero-order valence-corrected chi connectivity index (χ0v) is 15.8. The van der Waals surface area contributed by atoms with Gasteiger partial charge in [-0.25, -0.2) is 0 Å². The van der Waals surface area contributed by atoms with Crippen LogP contribution < -0.4 is 10.3 Å². The summed E-state index contributed by atoms with van der Waals surface area (Å²) in [5, 5.41) is 0. The molecular formula is C22H21N3O3. The monoisotopic (exact) mass is 375 g/mol. The van der Waals surface area contributed by atoms with Crippen molar-refractivity contribution < 1.29 is 14.4 Å². The summed E-state index contributed by atoms with van der Waals surface area (Å²) in [5.41, 5.74) is 5.73. The van der Waals surface area contributed by atoms with Crippen LogP contribution in [0.25, 0.3) is 0 Å². The number of carbonyl (C=O) groups is 3. The van der Waals surface area contributed by atoms with Crippen LogP contribution in [0.3, 0.4) is 0 Å². The number of amides is 3. The quantitative estimate of drug-likeness (QED) is 0.662. The molecule has 1 N–H and O–H groups in total. The fourth-order valence-corrected chi connectivity index (χ4v) is 4.93. The number of aromatic nitrogens is 1.